The van der Waals surface area contributed by atoms with Gasteiger partial charge in [0.15, 0.2) is 5.78 Å². The molecule has 0 saturated heterocycles. The lowest BCUT2D eigenvalue weighted by Gasteiger charge is -2.08. The third kappa shape index (κ3) is 3.46. The van der Waals surface area contributed by atoms with Crippen LogP contribution in [0.2, 0.25) is 0 Å². The molecule has 0 radical (unpaired) electrons. The van der Waals surface area contributed by atoms with Crippen molar-refractivity contribution in [3.05, 3.63) is 63.6 Å². The smallest absolute Gasteiger partial charge is 0.160 e. The van der Waals surface area contributed by atoms with Gasteiger partial charge in [-0.1, -0.05) is 12.1 Å². The molecule has 2 aromatic rings. The number of carbonyl (C=O) groups excluding carboxylic acids is 1. The summed E-state index contributed by atoms with van der Waals surface area (Å²) >= 11 is 3.36. The van der Waals surface area contributed by atoms with Gasteiger partial charge in [0.2, 0.25) is 0 Å². The minimum atomic E-state index is 0.00974. The largest absolute Gasteiger partial charge is 0.489 e. The molecular formula is C16H12BrNO2. The average molecular weight is 330 g/mol. The minimum Gasteiger partial charge on any atom is -0.489 e. The van der Waals surface area contributed by atoms with Crippen molar-refractivity contribution in [1.82, 2.24) is 0 Å². The second kappa shape index (κ2) is 6.36. The van der Waals surface area contributed by atoms with Crippen molar-refractivity contribution in [2.24, 2.45) is 0 Å². The maximum Gasteiger partial charge on any atom is 0.160 e. The molecule has 4 heteroatoms. The van der Waals surface area contributed by atoms with Crippen molar-refractivity contribution >= 4 is 21.7 Å². The molecule has 0 amide bonds. The zero-order valence-corrected chi connectivity index (χ0v) is 12.5. The number of nitriles is 1. The van der Waals surface area contributed by atoms with Crippen LogP contribution in [0.4, 0.5) is 0 Å². The van der Waals surface area contributed by atoms with Gasteiger partial charge in [-0.2, -0.15) is 5.26 Å². The standard InChI is InChI=1S/C16H12BrNO2/c1-11(19)15-7-6-14(8-16(15)17)20-10-13-4-2-12(9-18)3-5-13/h2-8H,10H2,1H3. The summed E-state index contributed by atoms with van der Waals surface area (Å²) in [5.74, 6) is 0.696. The Labute approximate surface area is 125 Å². The van der Waals surface area contributed by atoms with Gasteiger partial charge in [-0.3, -0.25) is 4.79 Å². The number of carbonyl (C=O) groups is 1. The van der Waals surface area contributed by atoms with Gasteiger partial charge < -0.3 is 4.74 Å². The van der Waals surface area contributed by atoms with Gasteiger partial charge in [0, 0.05) is 10.0 Å². The first-order valence-electron chi connectivity index (χ1n) is 6.02. The molecule has 0 heterocycles. The van der Waals surface area contributed by atoms with Crippen LogP contribution in [0.1, 0.15) is 28.4 Å². The summed E-state index contributed by atoms with van der Waals surface area (Å²) in [4.78, 5) is 11.3. The van der Waals surface area contributed by atoms with Gasteiger partial charge in [0.25, 0.3) is 0 Å². The summed E-state index contributed by atoms with van der Waals surface area (Å²) in [6, 6.07) is 14.6. The monoisotopic (exact) mass is 329 g/mol. The predicted octanol–water partition coefficient (Wildman–Crippen LogP) is 4.10. The van der Waals surface area contributed by atoms with E-state index in [9.17, 15) is 4.79 Å². The van der Waals surface area contributed by atoms with Gasteiger partial charge in [-0.05, 0) is 58.7 Å². The lowest BCUT2D eigenvalue weighted by molar-refractivity contribution is 0.101. The lowest BCUT2D eigenvalue weighted by atomic mass is 10.1. The van der Waals surface area contributed by atoms with E-state index >= 15 is 0 Å². The van der Waals surface area contributed by atoms with Crippen molar-refractivity contribution in [3.8, 4) is 11.8 Å². The van der Waals surface area contributed by atoms with E-state index in [0.29, 0.717) is 23.5 Å². The van der Waals surface area contributed by atoms with Crippen molar-refractivity contribution in [3.63, 3.8) is 0 Å². The molecule has 0 spiro atoms. The molecule has 0 unspecified atom stereocenters. The number of Topliss-reactive ketones (excluding diaryl/α,β-unsaturated/α-hetero) is 1. The molecule has 0 atom stereocenters. The molecule has 3 nitrogen and oxygen atoms in total. The number of rotatable bonds is 4. The first kappa shape index (κ1) is 14.3. The lowest BCUT2D eigenvalue weighted by Crippen LogP contribution is -1.98. The van der Waals surface area contributed by atoms with Gasteiger partial charge >= 0.3 is 0 Å². The number of ketones is 1. The van der Waals surface area contributed by atoms with Crippen molar-refractivity contribution in [2.75, 3.05) is 0 Å². The second-order valence-electron chi connectivity index (χ2n) is 4.30. The molecular weight excluding hydrogens is 318 g/mol. The third-order valence-electron chi connectivity index (χ3n) is 2.81. The number of benzene rings is 2. The van der Waals surface area contributed by atoms with Crippen LogP contribution in [0.25, 0.3) is 0 Å². The highest BCUT2D eigenvalue weighted by molar-refractivity contribution is 9.10. The van der Waals surface area contributed by atoms with Gasteiger partial charge in [0.05, 0.1) is 11.6 Å². The fraction of sp³-hybridized carbons (Fsp3) is 0.125. The Morgan fingerprint density at radius 2 is 1.95 bits per heavy atom. The Bertz CT molecular complexity index is 672. The molecule has 0 saturated carbocycles. The van der Waals surface area contributed by atoms with Crippen LogP contribution in [-0.4, -0.2) is 5.78 Å². The van der Waals surface area contributed by atoms with Crippen LogP contribution in [0, 0.1) is 11.3 Å². The molecule has 0 aliphatic carbocycles. The molecule has 2 aromatic carbocycles. The highest BCUT2D eigenvalue weighted by Crippen LogP contribution is 2.24. The molecule has 0 bridgehead atoms. The van der Waals surface area contributed by atoms with Gasteiger partial charge in [-0.15, -0.1) is 0 Å². The summed E-state index contributed by atoms with van der Waals surface area (Å²) in [5.41, 5.74) is 2.24. The Morgan fingerprint density at radius 1 is 1.25 bits per heavy atom. The fourth-order valence-electron chi connectivity index (χ4n) is 1.71. The number of hydrogen-bond acceptors (Lipinski definition) is 3. The van der Waals surface area contributed by atoms with Crippen LogP contribution < -0.4 is 4.74 Å². The fourth-order valence-corrected chi connectivity index (χ4v) is 2.35. The Kier molecular flexibility index (Phi) is 4.54. The summed E-state index contributed by atoms with van der Waals surface area (Å²) in [7, 11) is 0. The van der Waals surface area contributed by atoms with Crippen LogP contribution in [0.15, 0.2) is 46.9 Å². The van der Waals surface area contributed by atoms with Crippen molar-refractivity contribution in [2.45, 2.75) is 13.5 Å². The molecule has 0 aromatic heterocycles. The van der Waals surface area contributed by atoms with Gasteiger partial charge in [-0.25, -0.2) is 0 Å². The van der Waals surface area contributed by atoms with E-state index in [2.05, 4.69) is 22.0 Å². The van der Waals surface area contributed by atoms with E-state index in [1.165, 1.54) is 6.92 Å². The summed E-state index contributed by atoms with van der Waals surface area (Å²) < 4.78 is 6.38. The zero-order chi connectivity index (χ0) is 14.5. The second-order valence-corrected chi connectivity index (χ2v) is 5.15. The highest BCUT2D eigenvalue weighted by Gasteiger charge is 2.06. The molecule has 0 fully saturated rings. The van der Waals surface area contributed by atoms with E-state index in [0.717, 1.165) is 10.0 Å². The highest BCUT2D eigenvalue weighted by atomic mass is 79.9. The normalized spacial score (nSPS) is 9.85. The minimum absolute atomic E-state index is 0.00974. The maximum absolute atomic E-state index is 11.3. The molecule has 2 rings (SSSR count). The molecule has 0 aliphatic heterocycles. The maximum atomic E-state index is 11.3. The van der Waals surface area contributed by atoms with E-state index < -0.39 is 0 Å². The Balaban J connectivity index is 2.05. The molecule has 0 N–H and O–H groups in total. The zero-order valence-electron chi connectivity index (χ0n) is 10.9. The number of halogens is 1. The first-order chi connectivity index (χ1) is 9.60. The van der Waals surface area contributed by atoms with E-state index in [1.807, 2.05) is 12.1 Å². The quantitative estimate of drug-likeness (QED) is 0.793. The Morgan fingerprint density at radius 3 is 2.50 bits per heavy atom. The van der Waals surface area contributed by atoms with Crippen molar-refractivity contribution < 1.29 is 9.53 Å². The average Bonchev–Trinajstić information content (AvgIpc) is 2.45. The summed E-state index contributed by atoms with van der Waals surface area (Å²) in [5, 5.41) is 8.72. The van der Waals surface area contributed by atoms with Crippen LogP contribution in [0.3, 0.4) is 0 Å². The Hall–Kier alpha value is -2.12. The molecule has 100 valence electrons. The number of ether oxygens (including phenoxy) is 1. The molecule has 20 heavy (non-hydrogen) atoms. The van der Waals surface area contributed by atoms with Crippen LogP contribution >= 0.6 is 15.9 Å². The van der Waals surface area contributed by atoms with E-state index in [-0.39, 0.29) is 5.78 Å². The number of nitrogens with zero attached hydrogens (tertiary/aromatic N) is 1. The SMILES string of the molecule is CC(=O)c1ccc(OCc2ccc(C#N)cc2)cc1Br. The number of hydrogen-bond donors (Lipinski definition) is 0. The third-order valence-corrected chi connectivity index (χ3v) is 3.46. The van der Waals surface area contributed by atoms with Gasteiger partial charge in [0.1, 0.15) is 12.4 Å². The van der Waals surface area contributed by atoms with Crippen LogP contribution in [-0.2, 0) is 6.61 Å². The summed E-state index contributed by atoms with van der Waals surface area (Å²) in [6.45, 7) is 1.94. The molecule has 0 aliphatic rings. The first-order valence-corrected chi connectivity index (χ1v) is 6.82. The van der Waals surface area contributed by atoms with Crippen molar-refractivity contribution in [1.29, 1.82) is 5.26 Å². The van der Waals surface area contributed by atoms with Crippen LogP contribution in [0.5, 0.6) is 5.75 Å². The summed E-state index contributed by atoms with van der Waals surface area (Å²) in [6.07, 6.45) is 0. The van der Waals surface area contributed by atoms with E-state index in [4.69, 9.17) is 10.00 Å². The predicted molar refractivity (Wildman–Crippen MR) is 79.6 cm³/mol. The van der Waals surface area contributed by atoms with E-state index in [1.54, 1.807) is 30.3 Å². The topological polar surface area (TPSA) is 50.1 Å².